The molecule has 1 unspecified atom stereocenters. The number of piperidine rings is 3. The predicted octanol–water partition coefficient (Wildman–Crippen LogP) is 2.58. The van der Waals surface area contributed by atoms with Crippen molar-refractivity contribution >= 4 is 35.2 Å². The number of hydrogen-bond acceptors (Lipinski definition) is 8. The van der Waals surface area contributed by atoms with E-state index in [4.69, 9.17) is 0 Å². The van der Waals surface area contributed by atoms with Gasteiger partial charge in [0, 0.05) is 38.2 Å². The van der Waals surface area contributed by atoms with Crippen LogP contribution >= 0.6 is 0 Å². The van der Waals surface area contributed by atoms with Gasteiger partial charge >= 0.3 is 0 Å². The average Bonchev–Trinajstić information content (AvgIpc) is 3.30. The zero-order valence-corrected chi connectivity index (χ0v) is 25.4. The number of likely N-dealkylation sites (tertiary alicyclic amines) is 1. The molecule has 3 saturated heterocycles. The smallest absolute Gasteiger partial charge is 0.265 e. The number of rotatable bonds is 8. The number of benzene rings is 2. The third kappa shape index (κ3) is 6.21. The lowest BCUT2D eigenvalue weighted by Gasteiger charge is -2.39. The molecule has 238 valence electrons. The molecule has 0 radical (unpaired) electrons. The van der Waals surface area contributed by atoms with E-state index < -0.39 is 29.7 Å². The molecule has 12 heteroatoms. The van der Waals surface area contributed by atoms with Crippen molar-refractivity contribution in [2.75, 3.05) is 44.2 Å². The van der Waals surface area contributed by atoms with Gasteiger partial charge in [-0.05, 0) is 86.9 Å². The van der Waals surface area contributed by atoms with Gasteiger partial charge in [-0.1, -0.05) is 19.1 Å². The Balaban J connectivity index is 1.02. The Morgan fingerprint density at radius 3 is 2.40 bits per heavy atom. The molecular formula is C33H39FN6O5. The van der Waals surface area contributed by atoms with Crippen LogP contribution < -0.4 is 21.1 Å². The predicted molar refractivity (Wildman–Crippen MR) is 164 cm³/mol. The second-order valence-corrected chi connectivity index (χ2v) is 12.4. The number of halogens is 1. The number of carbonyl (C=O) groups is 5. The first kappa shape index (κ1) is 30.8. The zero-order valence-electron chi connectivity index (χ0n) is 25.4. The monoisotopic (exact) mass is 618 g/mol. The first-order valence-electron chi connectivity index (χ1n) is 15.9. The highest BCUT2D eigenvalue weighted by Crippen LogP contribution is 2.36. The fourth-order valence-electron chi connectivity index (χ4n) is 7.15. The van der Waals surface area contributed by atoms with Crippen molar-refractivity contribution < 1.29 is 28.4 Å². The average molecular weight is 619 g/mol. The second kappa shape index (κ2) is 13.1. The normalized spacial score (nSPS) is 21.7. The van der Waals surface area contributed by atoms with Crippen LogP contribution in [0.4, 0.5) is 10.1 Å². The second-order valence-electron chi connectivity index (χ2n) is 12.4. The van der Waals surface area contributed by atoms with Crippen LogP contribution in [0.1, 0.15) is 88.0 Å². The summed E-state index contributed by atoms with van der Waals surface area (Å²) >= 11 is 0. The molecule has 4 heterocycles. The lowest BCUT2D eigenvalue weighted by molar-refractivity contribution is -0.136. The summed E-state index contributed by atoms with van der Waals surface area (Å²) in [5, 5.41) is 2.24. The highest BCUT2D eigenvalue weighted by molar-refractivity contribution is 6.25. The molecule has 2 aromatic rings. The minimum atomic E-state index is -0.983. The molecule has 0 aromatic heterocycles. The van der Waals surface area contributed by atoms with E-state index in [2.05, 4.69) is 26.0 Å². The highest BCUT2D eigenvalue weighted by atomic mass is 19.1. The molecule has 0 bridgehead atoms. The first-order valence-corrected chi connectivity index (χ1v) is 15.9. The van der Waals surface area contributed by atoms with Crippen molar-refractivity contribution in [1.82, 2.24) is 26.0 Å². The largest absolute Gasteiger partial charge is 0.371 e. The number of carbonyl (C=O) groups excluding carboxylic acids is 5. The fraction of sp³-hybridized carbons (Fsp3) is 0.485. The Bertz CT molecular complexity index is 1510. The molecule has 4 aliphatic heterocycles. The molecule has 0 aliphatic carbocycles. The molecule has 0 spiro atoms. The van der Waals surface area contributed by atoms with Gasteiger partial charge < -0.3 is 9.80 Å². The molecule has 0 saturated carbocycles. The van der Waals surface area contributed by atoms with Gasteiger partial charge in [0.25, 0.3) is 17.7 Å². The van der Waals surface area contributed by atoms with E-state index in [9.17, 15) is 28.4 Å². The maximum atomic E-state index is 14.9. The summed E-state index contributed by atoms with van der Waals surface area (Å²) in [5.74, 6) is -2.06. The van der Waals surface area contributed by atoms with Crippen LogP contribution in [-0.4, -0.2) is 84.6 Å². The minimum absolute atomic E-state index is 0.0865. The van der Waals surface area contributed by atoms with E-state index in [0.29, 0.717) is 40.4 Å². The lowest BCUT2D eigenvalue weighted by atomic mass is 9.87. The Morgan fingerprint density at radius 1 is 0.956 bits per heavy atom. The highest BCUT2D eigenvalue weighted by Gasteiger charge is 2.46. The molecule has 1 atom stereocenters. The molecule has 2 aromatic carbocycles. The maximum Gasteiger partial charge on any atom is 0.265 e. The van der Waals surface area contributed by atoms with Crippen molar-refractivity contribution in [3.8, 4) is 0 Å². The summed E-state index contributed by atoms with van der Waals surface area (Å²) in [5.41, 5.74) is 7.61. The molecule has 4 aliphatic rings. The number of imide groups is 2. The number of amides is 5. The number of nitrogens with zero attached hydrogens (tertiary/aromatic N) is 3. The van der Waals surface area contributed by atoms with Gasteiger partial charge in [0.15, 0.2) is 0 Å². The van der Waals surface area contributed by atoms with Crippen LogP contribution in [0.3, 0.4) is 0 Å². The van der Waals surface area contributed by atoms with Crippen molar-refractivity contribution in [2.45, 2.75) is 57.4 Å². The lowest BCUT2D eigenvalue weighted by Crippen LogP contribution is -2.54. The summed E-state index contributed by atoms with van der Waals surface area (Å²) in [6.07, 6.45) is 3.80. The molecule has 11 nitrogen and oxygen atoms in total. The summed E-state index contributed by atoms with van der Waals surface area (Å²) in [7, 11) is 0. The zero-order chi connectivity index (χ0) is 31.7. The number of hydrogen-bond donors (Lipinski definition) is 3. The van der Waals surface area contributed by atoms with Gasteiger partial charge in [-0.25, -0.2) is 9.82 Å². The van der Waals surface area contributed by atoms with E-state index in [1.54, 1.807) is 24.3 Å². The third-order valence-corrected chi connectivity index (χ3v) is 9.59. The molecule has 3 N–H and O–H groups in total. The van der Waals surface area contributed by atoms with Crippen LogP contribution in [0.5, 0.6) is 0 Å². The Kier molecular flexibility index (Phi) is 8.95. The van der Waals surface area contributed by atoms with Crippen LogP contribution in [-0.2, 0) is 9.59 Å². The van der Waals surface area contributed by atoms with Crippen molar-refractivity contribution in [1.29, 1.82) is 0 Å². The number of nitrogens with one attached hydrogen (secondary N) is 3. The quantitative estimate of drug-likeness (QED) is 0.304. The van der Waals surface area contributed by atoms with E-state index in [0.717, 1.165) is 63.3 Å². The van der Waals surface area contributed by atoms with Gasteiger partial charge in [-0.3, -0.25) is 39.6 Å². The maximum absolute atomic E-state index is 14.9. The summed E-state index contributed by atoms with van der Waals surface area (Å²) in [4.78, 5) is 68.6. The first-order chi connectivity index (χ1) is 21.7. The van der Waals surface area contributed by atoms with Crippen LogP contribution in [0.25, 0.3) is 0 Å². The van der Waals surface area contributed by atoms with E-state index >= 15 is 0 Å². The number of fused-ring (bicyclic) bond motifs is 1. The van der Waals surface area contributed by atoms with E-state index in [1.807, 2.05) is 13.0 Å². The Hall–Kier alpha value is -4.16. The third-order valence-electron chi connectivity index (χ3n) is 9.59. The number of anilines is 1. The minimum Gasteiger partial charge on any atom is -0.371 e. The van der Waals surface area contributed by atoms with Crippen molar-refractivity contribution in [3.05, 3.63) is 64.5 Å². The van der Waals surface area contributed by atoms with E-state index in [1.165, 1.54) is 6.07 Å². The molecule has 45 heavy (non-hydrogen) atoms. The van der Waals surface area contributed by atoms with Gasteiger partial charge in [0.1, 0.15) is 11.9 Å². The molecular weight excluding hydrogens is 579 g/mol. The van der Waals surface area contributed by atoms with Crippen LogP contribution in [0, 0.1) is 11.7 Å². The SMILES string of the molecule is CCNNC(=O)c1ccc(C2CCN(CC3CCN(c4cccc5c4C(=O)N(C4CCC(=O)NC4=O)C5=O)CC3)CC2)c(F)c1. The van der Waals surface area contributed by atoms with Gasteiger partial charge in [0.2, 0.25) is 11.8 Å². The van der Waals surface area contributed by atoms with Crippen molar-refractivity contribution in [2.24, 2.45) is 5.92 Å². The Labute approximate surface area is 261 Å². The summed E-state index contributed by atoms with van der Waals surface area (Å²) in [6, 6.07) is 9.03. The number of hydrazine groups is 1. The molecule has 5 amide bonds. The van der Waals surface area contributed by atoms with E-state index in [-0.39, 0.29) is 30.5 Å². The van der Waals surface area contributed by atoms with Crippen LogP contribution in [0.15, 0.2) is 36.4 Å². The standard InChI is InChI=1S/C33H39FN6O5/c1-2-35-37-30(42)22-6-7-23(25(34)18-22)21-12-14-38(15-13-21)19-20-10-16-39(17-11-20)26-5-3-4-24-29(26)33(45)40(32(24)44)27-8-9-28(41)36-31(27)43/h3-7,18,20-21,27,35H,2,8-17,19H2,1H3,(H,37,42)(H,36,41,43). The van der Waals surface area contributed by atoms with Crippen LogP contribution in [0.2, 0.25) is 0 Å². The summed E-state index contributed by atoms with van der Waals surface area (Å²) < 4.78 is 14.9. The fourth-order valence-corrected chi connectivity index (χ4v) is 7.15. The van der Waals surface area contributed by atoms with Gasteiger partial charge in [0.05, 0.1) is 16.8 Å². The molecule has 6 rings (SSSR count). The topological polar surface area (TPSA) is 131 Å². The van der Waals surface area contributed by atoms with Gasteiger partial charge in [-0.15, -0.1) is 0 Å². The molecule has 3 fully saturated rings. The van der Waals surface area contributed by atoms with Crippen molar-refractivity contribution in [3.63, 3.8) is 0 Å². The Morgan fingerprint density at radius 2 is 1.71 bits per heavy atom. The van der Waals surface area contributed by atoms with Gasteiger partial charge in [-0.2, -0.15) is 0 Å². The summed E-state index contributed by atoms with van der Waals surface area (Å²) in [6.45, 7) is 6.66.